The molecule has 0 spiro atoms. The van der Waals surface area contributed by atoms with Crippen LogP contribution in [0.15, 0.2) is 36.7 Å². The van der Waals surface area contributed by atoms with E-state index in [2.05, 4.69) is 9.97 Å². The second-order valence-electron chi connectivity index (χ2n) is 4.16. The number of halogens is 2. The van der Waals surface area contributed by atoms with Crippen LogP contribution in [0, 0.1) is 16.4 Å². The average molecular weight is 277 g/mol. The van der Waals surface area contributed by atoms with Crippen molar-refractivity contribution in [3.63, 3.8) is 0 Å². The molecule has 3 nitrogen and oxygen atoms in total. The van der Waals surface area contributed by atoms with Crippen molar-refractivity contribution in [3.05, 3.63) is 58.6 Å². The number of rotatable bonds is 2. The summed E-state index contributed by atoms with van der Waals surface area (Å²) in [5.41, 5.74) is 1.53. The van der Waals surface area contributed by atoms with Crippen molar-refractivity contribution in [2.45, 2.75) is 6.54 Å². The molecule has 0 atom stereocenters. The van der Waals surface area contributed by atoms with E-state index < -0.39 is 11.6 Å². The standard InChI is InChI=1S/C13H9F2N3S/c14-9-4-10(15)12-11(5-9)18(13(19)17-12)7-8-2-1-3-16-6-8/h1-6H,7H2,(H,17,19). The molecule has 1 N–H and O–H groups in total. The molecule has 0 fully saturated rings. The zero-order valence-electron chi connectivity index (χ0n) is 9.73. The number of nitrogens with zero attached hydrogens (tertiary/aromatic N) is 2. The maximum absolute atomic E-state index is 13.6. The van der Waals surface area contributed by atoms with Crippen molar-refractivity contribution in [3.8, 4) is 0 Å². The molecule has 0 unspecified atom stereocenters. The topological polar surface area (TPSA) is 33.6 Å². The summed E-state index contributed by atoms with van der Waals surface area (Å²) in [4.78, 5) is 6.76. The first-order valence-electron chi connectivity index (χ1n) is 5.61. The molecule has 0 aliphatic heterocycles. The van der Waals surface area contributed by atoms with E-state index in [0.29, 0.717) is 16.8 Å². The van der Waals surface area contributed by atoms with Crippen molar-refractivity contribution in [1.29, 1.82) is 0 Å². The number of aromatic nitrogens is 3. The number of hydrogen-bond donors (Lipinski definition) is 1. The highest BCUT2D eigenvalue weighted by atomic mass is 32.1. The summed E-state index contributed by atoms with van der Waals surface area (Å²) >= 11 is 5.15. The minimum Gasteiger partial charge on any atom is -0.328 e. The number of H-pyrrole nitrogens is 1. The third-order valence-corrected chi connectivity index (χ3v) is 3.19. The summed E-state index contributed by atoms with van der Waals surface area (Å²) in [5, 5.41) is 0. The summed E-state index contributed by atoms with van der Waals surface area (Å²) in [6, 6.07) is 5.78. The van der Waals surface area contributed by atoms with Gasteiger partial charge in [0.15, 0.2) is 10.6 Å². The molecule has 1 aromatic carbocycles. The van der Waals surface area contributed by atoms with Gasteiger partial charge in [0.2, 0.25) is 0 Å². The fourth-order valence-electron chi connectivity index (χ4n) is 2.01. The van der Waals surface area contributed by atoms with Crippen LogP contribution in [0.4, 0.5) is 8.78 Å². The minimum absolute atomic E-state index is 0.218. The Morgan fingerprint density at radius 3 is 2.89 bits per heavy atom. The van der Waals surface area contributed by atoms with Crippen LogP contribution in [-0.4, -0.2) is 14.5 Å². The second-order valence-corrected chi connectivity index (χ2v) is 4.55. The Hall–Kier alpha value is -2.08. The molecular formula is C13H9F2N3S. The Labute approximate surface area is 112 Å². The summed E-state index contributed by atoms with van der Waals surface area (Å²) in [6.07, 6.45) is 3.35. The van der Waals surface area contributed by atoms with Crippen molar-refractivity contribution < 1.29 is 8.78 Å². The van der Waals surface area contributed by atoms with Gasteiger partial charge in [-0.1, -0.05) is 6.07 Å². The first-order chi connectivity index (χ1) is 9.15. The maximum Gasteiger partial charge on any atom is 0.178 e. The van der Waals surface area contributed by atoms with E-state index in [9.17, 15) is 8.78 Å². The van der Waals surface area contributed by atoms with E-state index in [0.717, 1.165) is 11.6 Å². The molecule has 96 valence electrons. The predicted molar refractivity (Wildman–Crippen MR) is 70.4 cm³/mol. The third kappa shape index (κ3) is 2.15. The van der Waals surface area contributed by atoms with Crippen LogP contribution in [0.5, 0.6) is 0 Å². The number of benzene rings is 1. The largest absolute Gasteiger partial charge is 0.328 e. The Morgan fingerprint density at radius 2 is 2.16 bits per heavy atom. The van der Waals surface area contributed by atoms with Gasteiger partial charge in [-0.25, -0.2) is 8.78 Å². The van der Waals surface area contributed by atoms with Crippen LogP contribution in [0.25, 0.3) is 11.0 Å². The van der Waals surface area contributed by atoms with Gasteiger partial charge in [0.05, 0.1) is 12.1 Å². The molecule has 2 heterocycles. The highest BCUT2D eigenvalue weighted by molar-refractivity contribution is 7.71. The lowest BCUT2D eigenvalue weighted by Crippen LogP contribution is -2.00. The Morgan fingerprint density at radius 1 is 1.32 bits per heavy atom. The fourth-order valence-corrected chi connectivity index (χ4v) is 2.28. The molecule has 0 bridgehead atoms. The Kier molecular flexibility index (Phi) is 2.87. The molecule has 0 saturated carbocycles. The molecule has 0 radical (unpaired) electrons. The smallest absolute Gasteiger partial charge is 0.178 e. The minimum atomic E-state index is -0.647. The molecule has 6 heteroatoms. The second kappa shape index (κ2) is 4.55. The van der Waals surface area contributed by atoms with Gasteiger partial charge in [0.25, 0.3) is 0 Å². The lowest BCUT2D eigenvalue weighted by Gasteiger charge is -2.04. The summed E-state index contributed by atoms with van der Waals surface area (Å²) in [7, 11) is 0. The highest BCUT2D eigenvalue weighted by Crippen LogP contribution is 2.20. The van der Waals surface area contributed by atoms with Gasteiger partial charge in [-0.05, 0) is 29.9 Å². The molecule has 0 amide bonds. The Bertz CT molecular complexity index is 793. The number of hydrogen-bond acceptors (Lipinski definition) is 2. The van der Waals surface area contributed by atoms with Crippen LogP contribution in [0.2, 0.25) is 0 Å². The molecule has 0 saturated heterocycles. The van der Waals surface area contributed by atoms with Crippen molar-refractivity contribution in [1.82, 2.24) is 14.5 Å². The predicted octanol–water partition coefficient (Wildman–Crippen LogP) is 3.42. The van der Waals surface area contributed by atoms with Crippen LogP contribution in [0.3, 0.4) is 0 Å². The average Bonchev–Trinajstić information content (AvgIpc) is 2.69. The monoisotopic (exact) mass is 277 g/mol. The Balaban J connectivity index is 2.18. The van der Waals surface area contributed by atoms with Gasteiger partial charge in [-0.15, -0.1) is 0 Å². The van der Waals surface area contributed by atoms with Crippen molar-refractivity contribution in [2.24, 2.45) is 0 Å². The summed E-state index contributed by atoms with van der Waals surface area (Å²) < 4.78 is 28.9. The lowest BCUT2D eigenvalue weighted by molar-refractivity contribution is 0.590. The van der Waals surface area contributed by atoms with Crippen LogP contribution in [-0.2, 0) is 6.54 Å². The molecule has 2 aromatic heterocycles. The first kappa shape index (κ1) is 12.0. The van der Waals surface area contributed by atoms with Crippen LogP contribution < -0.4 is 0 Å². The number of fused-ring (bicyclic) bond motifs is 1. The molecular weight excluding hydrogens is 268 g/mol. The zero-order chi connectivity index (χ0) is 13.4. The molecule has 0 aliphatic carbocycles. The number of aromatic amines is 1. The molecule has 19 heavy (non-hydrogen) atoms. The summed E-state index contributed by atoms with van der Waals surface area (Å²) in [6.45, 7) is 0.412. The van der Waals surface area contributed by atoms with Crippen molar-refractivity contribution >= 4 is 23.3 Å². The third-order valence-electron chi connectivity index (χ3n) is 2.87. The van der Waals surface area contributed by atoms with E-state index >= 15 is 0 Å². The quantitative estimate of drug-likeness (QED) is 0.728. The van der Waals surface area contributed by atoms with E-state index in [4.69, 9.17) is 12.2 Å². The van der Waals surface area contributed by atoms with Gasteiger partial charge in [0.1, 0.15) is 11.3 Å². The SMILES string of the molecule is Fc1cc(F)c2[nH]c(=S)n(Cc3cccnc3)c2c1. The van der Waals surface area contributed by atoms with Gasteiger partial charge in [-0.3, -0.25) is 4.98 Å². The van der Waals surface area contributed by atoms with E-state index in [1.54, 1.807) is 23.0 Å². The number of nitrogens with one attached hydrogen (secondary N) is 1. The number of pyridine rings is 1. The summed E-state index contributed by atoms with van der Waals surface area (Å²) in [5.74, 6) is -1.27. The van der Waals surface area contributed by atoms with Crippen molar-refractivity contribution in [2.75, 3.05) is 0 Å². The van der Waals surface area contributed by atoms with Crippen LogP contribution in [0.1, 0.15) is 5.56 Å². The molecule has 3 aromatic rings. The van der Waals surface area contributed by atoms with Gasteiger partial charge in [-0.2, -0.15) is 0 Å². The zero-order valence-corrected chi connectivity index (χ0v) is 10.5. The van der Waals surface area contributed by atoms with Gasteiger partial charge in [0, 0.05) is 18.5 Å². The normalized spacial score (nSPS) is 11.1. The maximum atomic E-state index is 13.6. The van der Waals surface area contributed by atoms with Gasteiger partial charge >= 0.3 is 0 Å². The number of imidazole rings is 1. The van der Waals surface area contributed by atoms with E-state index in [1.807, 2.05) is 6.07 Å². The molecule has 0 aliphatic rings. The lowest BCUT2D eigenvalue weighted by atomic mass is 10.2. The van der Waals surface area contributed by atoms with E-state index in [-0.39, 0.29) is 5.52 Å². The van der Waals surface area contributed by atoms with E-state index in [1.165, 1.54) is 6.07 Å². The first-order valence-corrected chi connectivity index (χ1v) is 6.02. The highest BCUT2D eigenvalue weighted by Gasteiger charge is 2.11. The van der Waals surface area contributed by atoms with Gasteiger partial charge < -0.3 is 9.55 Å². The van der Waals surface area contributed by atoms with Crippen LogP contribution >= 0.6 is 12.2 Å². The fraction of sp³-hybridized carbons (Fsp3) is 0.0769. The molecule has 3 rings (SSSR count).